The third kappa shape index (κ3) is 1.25. The molecule has 1 aliphatic carbocycles. The zero-order valence-electron chi connectivity index (χ0n) is 11.2. The maximum absolute atomic E-state index is 12.7. The van der Waals surface area contributed by atoms with Crippen LogP contribution in [0.15, 0.2) is 28.8 Å². The third-order valence-electron chi connectivity index (χ3n) is 5.04. The summed E-state index contributed by atoms with van der Waals surface area (Å²) in [5.41, 5.74) is 0.586. The van der Waals surface area contributed by atoms with E-state index in [1.165, 1.54) is 4.90 Å². The molecule has 106 valence electrons. The normalized spacial score (nSPS) is 30.8. The van der Waals surface area contributed by atoms with Gasteiger partial charge in [0.1, 0.15) is 6.04 Å². The van der Waals surface area contributed by atoms with Crippen molar-refractivity contribution in [3.8, 4) is 0 Å². The topological polar surface area (TPSA) is 66.7 Å². The molecule has 2 aliphatic heterocycles. The molecule has 1 aromatic heterocycles. The lowest BCUT2D eigenvalue weighted by atomic mass is 9.99. The van der Waals surface area contributed by atoms with Crippen molar-refractivity contribution in [3.05, 3.63) is 24.3 Å². The molecule has 6 nitrogen and oxygen atoms in total. The van der Waals surface area contributed by atoms with Gasteiger partial charge in [-0.05, 0) is 37.3 Å². The van der Waals surface area contributed by atoms with Crippen LogP contribution < -0.4 is 4.90 Å². The highest BCUT2D eigenvalue weighted by molar-refractivity contribution is 6.23. The largest absolute Gasteiger partial charge is 0.354 e. The second-order valence-electron chi connectivity index (χ2n) is 6.04. The molecule has 5 rings (SSSR count). The number of urea groups is 1. The average molecular weight is 283 g/mol. The summed E-state index contributed by atoms with van der Waals surface area (Å²) < 4.78 is 5.23. The molecule has 0 radical (unpaired) electrons. The van der Waals surface area contributed by atoms with Crippen LogP contribution in [0.5, 0.6) is 0 Å². The number of carbonyl (C=O) groups excluding carboxylic acids is 2. The quantitative estimate of drug-likeness (QED) is 0.752. The van der Waals surface area contributed by atoms with Crippen LogP contribution in [-0.4, -0.2) is 34.1 Å². The summed E-state index contributed by atoms with van der Waals surface area (Å²) in [6.45, 7) is 0. The third-order valence-corrected chi connectivity index (χ3v) is 5.04. The van der Waals surface area contributed by atoms with Gasteiger partial charge in [0.25, 0.3) is 5.91 Å². The van der Waals surface area contributed by atoms with Crippen LogP contribution in [-0.2, 0) is 4.79 Å². The summed E-state index contributed by atoms with van der Waals surface area (Å²) in [7, 11) is 0. The predicted octanol–water partition coefficient (Wildman–Crippen LogP) is 2.15. The first kappa shape index (κ1) is 11.3. The van der Waals surface area contributed by atoms with E-state index in [2.05, 4.69) is 5.16 Å². The second-order valence-corrected chi connectivity index (χ2v) is 6.04. The van der Waals surface area contributed by atoms with E-state index in [1.807, 2.05) is 18.2 Å². The Kier molecular flexibility index (Phi) is 1.96. The number of hydrogen-bond donors (Lipinski definition) is 0. The number of para-hydroxylation sites is 1. The number of nitrogens with zero attached hydrogens (tertiary/aromatic N) is 3. The summed E-state index contributed by atoms with van der Waals surface area (Å²) in [6.07, 6.45) is 3.02. The number of benzene rings is 1. The van der Waals surface area contributed by atoms with Crippen molar-refractivity contribution in [1.29, 1.82) is 0 Å². The number of amides is 3. The molecular weight excluding hydrogens is 270 g/mol. The number of aromatic nitrogens is 1. The molecule has 3 amide bonds. The van der Waals surface area contributed by atoms with Gasteiger partial charge < -0.3 is 9.42 Å². The molecule has 3 aliphatic rings. The van der Waals surface area contributed by atoms with Gasteiger partial charge in [-0.1, -0.05) is 17.3 Å². The molecule has 0 spiro atoms. The minimum Gasteiger partial charge on any atom is -0.354 e. The van der Waals surface area contributed by atoms with E-state index in [4.69, 9.17) is 4.52 Å². The number of imide groups is 1. The lowest BCUT2D eigenvalue weighted by Gasteiger charge is -2.25. The van der Waals surface area contributed by atoms with Gasteiger partial charge in [-0.25, -0.2) is 9.69 Å². The lowest BCUT2D eigenvalue weighted by molar-refractivity contribution is -0.120. The fourth-order valence-corrected chi connectivity index (χ4v) is 4.15. The summed E-state index contributed by atoms with van der Waals surface area (Å²) in [5, 5.41) is 4.66. The highest BCUT2D eigenvalue weighted by Crippen LogP contribution is 2.47. The molecule has 3 fully saturated rings. The van der Waals surface area contributed by atoms with Crippen LogP contribution in [0, 0.1) is 5.92 Å². The fraction of sp³-hybridized carbons (Fsp3) is 0.400. The molecule has 0 N–H and O–H groups in total. The van der Waals surface area contributed by atoms with Crippen molar-refractivity contribution in [1.82, 2.24) is 10.1 Å². The van der Waals surface area contributed by atoms with Gasteiger partial charge in [0, 0.05) is 6.04 Å². The maximum Gasteiger partial charge on any atom is 0.333 e. The van der Waals surface area contributed by atoms with Crippen molar-refractivity contribution in [2.45, 2.75) is 31.3 Å². The van der Waals surface area contributed by atoms with Crippen LogP contribution in [0.3, 0.4) is 0 Å². The van der Waals surface area contributed by atoms with Crippen molar-refractivity contribution < 1.29 is 14.1 Å². The van der Waals surface area contributed by atoms with Gasteiger partial charge >= 0.3 is 6.03 Å². The smallest absolute Gasteiger partial charge is 0.333 e. The Hall–Kier alpha value is -2.37. The molecular formula is C15H13N3O3. The van der Waals surface area contributed by atoms with Gasteiger partial charge in [0.15, 0.2) is 11.4 Å². The Morgan fingerprint density at radius 2 is 2.05 bits per heavy atom. The molecule has 1 aromatic carbocycles. The van der Waals surface area contributed by atoms with Crippen LogP contribution in [0.25, 0.3) is 11.0 Å². The second kappa shape index (κ2) is 3.63. The van der Waals surface area contributed by atoms with Crippen molar-refractivity contribution in [2.24, 2.45) is 5.92 Å². The summed E-state index contributed by atoms with van der Waals surface area (Å²) in [6, 6.07) is 6.98. The molecule has 2 aromatic rings. The zero-order valence-corrected chi connectivity index (χ0v) is 11.2. The van der Waals surface area contributed by atoms with Gasteiger partial charge in [-0.2, -0.15) is 0 Å². The number of hydrogen-bond acceptors (Lipinski definition) is 4. The molecule has 3 atom stereocenters. The zero-order chi connectivity index (χ0) is 14.1. The van der Waals surface area contributed by atoms with Crippen LogP contribution >= 0.6 is 0 Å². The van der Waals surface area contributed by atoms with Crippen LogP contribution in [0.4, 0.5) is 10.6 Å². The fourth-order valence-electron chi connectivity index (χ4n) is 4.15. The Balaban J connectivity index is 1.64. The average Bonchev–Trinajstić information content (AvgIpc) is 3.23. The minimum absolute atomic E-state index is 0.147. The van der Waals surface area contributed by atoms with E-state index in [0.717, 1.165) is 19.3 Å². The molecule has 0 unspecified atom stereocenters. The first-order valence-electron chi connectivity index (χ1n) is 7.26. The monoisotopic (exact) mass is 283 g/mol. The molecule has 6 heteroatoms. The Bertz CT molecular complexity index is 755. The van der Waals surface area contributed by atoms with Crippen LogP contribution in [0.2, 0.25) is 0 Å². The first-order valence-corrected chi connectivity index (χ1v) is 7.26. The Morgan fingerprint density at radius 1 is 1.19 bits per heavy atom. The molecule has 3 heterocycles. The van der Waals surface area contributed by atoms with Crippen molar-refractivity contribution in [3.63, 3.8) is 0 Å². The Morgan fingerprint density at radius 3 is 2.90 bits per heavy atom. The van der Waals surface area contributed by atoms with Gasteiger partial charge in [-0.15, -0.1) is 0 Å². The lowest BCUT2D eigenvalue weighted by Crippen LogP contribution is -2.40. The van der Waals surface area contributed by atoms with Crippen molar-refractivity contribution >= 4 is 28.7 Å². The molecule has 2 bridgehead atoms. The standard InChI is InChI=1S/C15H13N3O3/c19-14-12-8-5-6-9(7-8)17(12)15(20)18(14)13-10-3-1-2-4-11(10)21-16-13/h1-4,8-9,12H,5-7H2/t8-,9+,12-/m1/s1. The van der Waals surface area contributed by atoms with E-state index in [9.17, 15) is 9.59 Å². The highest BCUT2D eigenvalue weighted by atomic mass is 16.5. The molecule has 1 saturated carbocycles. The van der Waals surface area contributed by atoms with Crippen LogP contribution in [0.1, 0.15) is 19.3 Å². The highest BCUT2D eigenvalue weighted by Gasteiger charge is 2.59. The van der Waals surface area contributed by atoms with E-state index < -0.39 is 0 Å². The minimum atomic E-state index is -0.285. The maximum atomic E-state index is 12.7. The number of fused-ring (bicyclic) bond motifs is 6. The summed E-state index contributed by atoms with van der Waals surface area (Å²) in [4.78, 5) is 28.4. The van der Waals surface area contributed by atoms with Gasteiger partial charge in [0.2, 0.25) is 0 Å². The van der Waals surface area contributed by atoms with E-state index in [0.29, 0.717) is 22.7 Å². The van der Waals surface area contributed by atoms with Gasteiger partial charge in [-0.3, -0.25) is 4.79 Å². The van der Waals surface area contributed by atoms with Gasteiger partial charge in [0.05, 0.1) is 5.39 Å². The van der Waals surface area contributed by atoms with E-state index in [1.54, 1.807) is 11.0 Å². The summed E-state index contributed by atoms with van der Waals surface area (Å²) >= 11 is 0. The summed E-state index contributed by atoms with van der Waals surface area (Å²) in [5.74, 6) is 0.496. The van der Waals surface area contributed by atoms with Crippen molar-refractivity contribution in [2.75, 3.05) is 4.90 Å². The SMILES string of the molecule is O=C1[C@H]2[C@@H]3CC[C@@H](C3)N2C(=O)N1c1noc2ccccc12. The molecule has 21 heavy (non-hydrogen) atoms. The first-order chi connectivity index (χ1) is 10.3. The number of carbonyl (C=O) groups is 2. The number of anilines is 1. The number of piperidine rings is 1. The predicted molar refractivity (Wildman–Crippen MR) is 73.6 cm³/mol. The molecule has 2 saturated heterocycles. The van der Waals surface area contributed by atoms with E-state index >= 15 is 0 Å². The number of rotatable bonds is 1. The Labute approximate surface area is 120 Å². The van der Waals surface area contributed by atoms with E-state index in [-0.39, 0.29) is 24.0 Å².